The second-order valence-electron chi connectivity index (χ2n) is 4.31. The predicted octanol–water partition coefficient (Wildman–Crippen LogP) is 4.03. The Morgan fingerprint density at radius 1 is 1.27 bits per heavy atom. The largest absolute Gasteiger partial charge is 0.378 e. The van der Waals surface area contributed by atoms with Gasteiger partial charge in [0, 0.05) is 11.5 Å². The monoisotopic (exact) mass is 224 g/mol. The molecular formula is C13H20OS. The van der Waals surface area contributed by atoms with Gasteiger partial charge in [-0.1, -0.05) is 25.3 Å². The maximum Gasteiger partial charge on any atom is 0.0575 e. The van der Waals surface area contributed by atoms with Crippen LogP contribution in [0.15, 0.2) is 17.5 Å². The van der Waals surface area contributed by atoms with Crippen LogP contribution in [-0.4, -0.2) is 12.7 Å². The van der Waals surface area contributed by atoms with Crippen molar-refractivity contribution in [3.8, 4) is 0 Å². The molecule has 0 aromatic carbocycles. The Bertz CT molecular complexity index is 250. The third-order valence-electron chi connectivity index (χ3n) is 3.05. The lowest BCUT2D eigenvalue weighted by atomic mass is 9.98. The highest BCUT2D eigenvalue weighted by molar-refractivity contribution is 7.09. The molecule has 0 atom stereocenters. The third-order valence-corrected chi connectivity index (χ3v) is 3.99. The Morgan fingerprint density at radius 3 is 2.87 bits per heavy atom. The van der Waals surface area contributed by atoms with E-state index in [2.05, 4.69) is 17.5 Å². The molecule has 15 heavy (non-hydrogen) atoms. The van der Waals surface area contributed by atoms with E-state index < -0.39 is 0 Å². The fourth-order valence-corrected chi connectivity index (χ4v) is 2.93. The van der Waals surface area contributed by atoms with Crippen molar-refractivity contribution in [1.29, 1.82) is 0 Å². The number of thiophene rings is 1. The van der Waals surface area contributed by atoms with Crippen molar-refractivity contribution in [2.45, 2.75) is 51.0 Å². The maximum atomic E-state index is 5.89. The van der Waals surface area contributed by atoms with Gasteiger partial charge in [0.2, 0.25) is 0 Å². The van der Waals surface area contributed by atoms with Gasteiger partial charge in [-0.2, -0.15) is 0 Å². The molecule has 1 aliphatic rings. The van der Waals surface area contributed by atoms with E-state index in [9.17, 15) is 0 Å². The first-order valence-corrected chi connectivity index (χ1v) is 6.97. The second-order valence-corrected chi connectivity index (χ2v) is 5.35. The summed E-state index contributed by atoms with van der Waals surface area (Å²) in [5.41, 5.74) is 0. The predicted molar refractivity (Wildman–Crippen MR) is 65.5 cm³/mol. The van der Waals surface area contributed by atoms with Crippen LogP contribution in [0.3, 0.4) is 0 Å². The summed E-state index contributed by atoms with van der Waals surface area (Å²) < 4.78 is 5.89. The number of rotatable bonds is 5. The van der Waals surface area contributed by atoms with Crippen molar-refractivity contribution in [2.75, 3.05) is 6.61 Å². The molecule has 0 unspecified atom stereocenters. The van der Waals surface area contributed by atoms with Gasteiger partial charge in [0.25, 0.3) is 0 Å². The molecule has 1 heterocycles. The van der Waals surface area contributed by atoms with Crippen LogP contribution in [0.1, 0.15) is 43.4 Å². The molecule has 0 spiro atoms. The van der Waals surface area contributed by atoms with Gasteiger partial charge in [-0.15, -0.1) is 11.3 Å². The van der Waals surface area contributed by atoms with Gasteiger partial charge in [-0.25, -0.2) is 0 Å². The molecule has 1 nitrogen and oxygen atoms in total. The van der Waals surface area contributed by atoms with Gasteiger partial charge in [0.05, 0.1) is 6.10 Å². The minimum atomic E-state index is 0.571. The number of aryl methyl sites for hydroxylation is 1. The zero-order chi connectivity index (χ0) is 10.3. The Hall–Kier alpha value is -0.340. The van der Waals surface area contributed by atoms with E-state index >= 15 is 0 Å². The first-order chi connectivity index (χ1) is 7.45. The zero-order valence-corrected chi connectivity index (χ0v) is 10.1. The average molecular weight is 224 g/mol. The molecule has 0 amide bonds. The summed E-state index contributed by atoms with van der Waals surface area (Å²) in [4.78, 5) is 1.49. The smallest absolute Gasteiger partial charge is 0.0575 e. The van der Waals surface area contributed by atoms with Crippen LogP contribution < -0.4 is 0 Å². The molecule has 1 fully saturated rings. The van der Waals surface area contributed by atoms with Crippen LogP contribution in [0.25, 0.3) is 0 Å². The van der Waals surface area contributed by atoms with Crippen molar-refractivity contribution in [3.63, 3.8) is 0 Å². The van der Waals surface area contributed by atoms with Crippen molar-refractivity contribution in [1.82, 2.24) is 0 Å². The molecule has 1 aliphatic carbocycles. The van der Waals surface area contributed by atoms with Crippen LogP contribution in [0.5, 0.6) is 0 Å². The maximum absolute atomic E-state index is 5.89. The fraction of sp³-hybridized carbons (Fsp3) is 0.692. The molecular weight excluding hydrogens is 204 g/mol. The first kappa shape index (κ1) is 11.2. The molecule has 1 aromatic heterocycles. The van der Waals surface area contributed by atoms with Crippen LogP contribution in [-0.2, 0) is 11.2 Å². The minimum absolute atomic E-state index is 0.571. The topological polar surface area (TPSA) is 9.23 Å². The highest BCUT2D eigenvalue weighted by Gasteiger charge is 2.12. The van der Waals surface area contributed by atoms with Gasteiger partial charge in [0.1, 0.15) is 0 Å². The summed E-state index contributed by atoms with van der Waals surface area (Å²) >= 11 is 1.85. The number of hydrogen-bond donors (Lipinski definition) is 0. The highest BCUT2D eigenvalue weighted by atomic mass is 32.1. The van der Waals surface area contributed by atoms with Crippen molar-refractivity contribution in [2.24, 2.45) is 0 Å². The third kappa shape index (κ3) is 3.96. The Morgan fingerprint density at radius 2 is 2.13 bits per heavy atom. The highest BCUT2D eigenvalue weighted by Crippen LogP contribution is 2.20. The average Bonchev–Trinajstić information content (AvgIpc) is 2.79. The summed E-state index contributed by atoms with van der Waals surface area (Å²) in [5.74, 6) is 0. The molecule has 2 rings (SSSR count). The molecule has 84 valence electrons. The van der Waals surface area contributed by atoms with Gasteiger partial charge >= 0.3 is 0 Å². The summed E-state index contributed by atoms with van der Waals surface area (Å²) in [5, 5.41) is 2.15. The Balaban J connectivity index is 1.54. The second kappa shape index (κ2) is 6.29. The van der Waals surface area contributed by atoms with Crippen LogP contribution in [0, 0.1) is 0 Å². The minimum Gasteiger partial charge on any atom is -0.378 e. The SMILES string of the molecule is c1csc(CCCOC2CCCCC2)c1. The zero-order valence-electron chi connectivity index (χ0n) is 9.28. The number of ether oxygens (including phenoxy) is 1. The van der Waals surface area contributed by atoms with Crippen molar-refractivity contribution >= 4 is 11.3 Å². The molecule has 1 saturated carbocycles. The van der Waals surface area contributed by atoms with E-state index in [1.165, 1.54) is 49.8 Å². The molecule has 0 N–H and O–H groups in total. The van der Waals surface area contributed by atoms with Gasteiger partial charge in [-0.3, -0.25) is 0 Å². The van der Waals surface area contributed by atoms with E-state index in [1.54, 1.807) is 0 Å². The van der Waals surface area contributed by atoms with Gasteiger partial charge < -0.3 is 4.74 Å². The van der Waals surface area contributed by atoms with E-state index in [1.807, 2.05) is 11.3 Å². The summed E-state index contributed by atoms with van der Waals surface area (Å²) in [6.45, 7) is 0.947. The fourth-order valence-electron chi connectivity index (χ4n) is 2.18. The van der Waals surface area contributed by atoms with E-state index in [0.29, 0.717) is 6.10 Å². The Labute approximate surface area is 96.5 Å². The lowest BCUT2D eigenvalue weighted by Gasteiger charge is -2.21. The lowest BCUT2D eigenvalue weighted by Crippen LogP contribution is -2.17. The van der Waals surface area contributed by atoms with Gasteiger partial charge in [0.15, 0.2) is 0 Å². The first-order valence-electron chi connectivity index (χ1n) is 6.09. The van der Waals surface area contributed by atoms with Crippen LogP contribution >= 0.6 is 11.3 Å². The van der Waals surface area contributed by atoms with E-state index in [0.717, 1.165) is 6.61 Å². The summed E-state index contributed by atoms with van der Waals surface area (Å²) in [6.07, 6.45) is 9.67. The van der Waals surface area contributed by atoms with Crippen molar-refractivity contribution in [3.05, 3.63) is 22.4 Å². The van der Waals surface area contributed by atoms with Gasteiger partial charge in [-0.05, 0) is 37.1 Å². The van der Waals surface area contributed by atoms with Crippen molar-refractivity contribution < 1.29 is 4.74 Å². The molecule has 0 radical (unpaired) electrons. The number of hydrogen-bond acceptors (Lipinski definition) is 2. The molecule has 0 saturated heterocycles. The van der Waals surface area contributed by atoms with E-state index in [4.69, 9.17) is 4.74 Å². The van der Waals surface area contributed by atoms with Crippen LogP contribution in [0.2, 0.25) is 0 Å². The molecule has 2 heteroatoms. The quantitative estimate of drug-likeness (QED) is 0.686. The molecule has 0 aliphatic heterocycles. The lowest BCUT2D eigenvalue weighted by molar-refractivity contribution is 0.0274. The van der Waals surface area contributed by atoms with E-state index in [-0.39, 0.29) is 0 Å². The standard InChI is InChI=1S/C13H20OS/c1-2-6-12(7-3-1)14-10-4-8-13-9-5-11-15-13/h5,9,11-12H,1-4,6-8,10H2. The molecule has 0 bridgehead atoms. The van der Waals surface area contributed by atoms with Crippen LogP contribution in [0.4, 0.5) is 0 Å². The summed E-state index contributed by atoms with van der Waals surface area (Å²) in [7, 11) is 0. The summed E-state index contributed by atoms with van der Waals surface area (Å²) in [6, 6.07) is 4.34. The molecule has 1 aromatic rings. The normalized spacial score (nSPS) is 18.1. The Kier molecular flexibility index (Phi) is 4.68.